The van der Waals surface area contributed by atoms with E-state index in [0.29, 0.717) is 23.8 Å². The van der Waals surface area contributed by atoms with Gasteiger partial charge in [0.2, 0.25) is 0 Å². The molecule has 1 N–H and O–H groups in total. The largest absolute Gasteiger partial charge is 0.456 e. The molecule has 0 bridgehead atoms. The van der Waals surface area contributed by atoms with Crippen LogP contribution in [0.1, 0.15) is 71.8 Å². The molecule has 0 saturated heterocycles. The molecule has 3 aromatic carbocycles. The van der Waals surface area contributed by atoms with Gasteiger partial charge in [-0.25, -0.2) is 0 Å². The summed E-state index contributed by atoms with van der Waals surface area (Å²) in [5, 5.41) is 0.996. The summed E-state index contributed by atoms with van der Waals surface area (Å²) in [6.07, 6.45) is -12.1. The van der Waals surface area contributed by atoms with Gasteiger partial charge in [0.05, 0.1) is 10.6 Å². The summed E-state index contributed by atoms with van der Waals surface area (Å²) in [6, 6.07) is 6.41. The predicted octanol–water partition coefficient (Wildman–Crippen LogP) is 11.6. The van der Waals surface area contributed by atoms with Crippen molar-refractivity contribution in [3.63, 3.8) is 0 Å². The molecule has 13 heteroatoms. The Morgan fingerprint density at radius 1 is 0.886 bits per heavy atom. The number of rotatable bonds is 8. The Kier molecular flexibility index (Phi) is 10.4. The smallest absolute Gasteiger partial charge is 0.420 e. The number of hydrogen-bond acceptors (Lipinski definition) is 2. The van der Waals surface area contributed by atoms with Gasteiger partial charge in [-0.15, -0.1) is 0 Å². The molecule has 1 amide bonds. The van der Waals surface area contributed by atoms with Crippen molar-refractivity contribution < 1.29 is 49.0 Å². The first kappa shape index (κ1) is 34.8. The number of ether oxygens (including phenoxy) is 1. The minimum absolute atomic E-state index is 0.0536. The summed E-state index contributed by atoms with van der Waals surface area (Å²) < 4.78 is 129. The fraction of sp³-hybridized carbons (Fsp3) is 0.323. The molecule has 0 aliphatic rings. The molecule has 238 valence electrons. The van der Waals surface area contributed by atoms with E-state index < -0.39 is 63.1 Å². The van der Waals surface area contributed by atoms with E-state index in [-0.39, 0.29) is 23.8 Å². The number of alkyl halides is 9. The third kappa shape index (κ3) is 8.08. The molecule has 3 rings (SSSR count). The Morgan fingerprint density at radius 3 is 1.93 bits per heavy atom. The van der Waals surface area contributed by atoms with Crippen molar-refractivity contribution in [2.75, 3.05) is 5.32 Å². The van der Waals surface area contributed by atoms with Crippen molar-refractivity contribution in [3.8, 4) is 11.5 Å². The number of hydrogen-bond donors (Lipinski definition) is 1. The van der Waals surface area contributed by atoms with Crippen LogP contribution in [0.3, 0.4) is 0 Å². The summed E-state index contributed by atoms with van der Waals surface area (Å²) >= 11 is 5.59. The summed E-state index contributed by atoms with van der Waals surface area (Å²) in [4.78, 5) is 12.6. The van der Waals surface area contributed by atoms with E-state index in [1.165, 1.54) is 18.2 Å². The zero-order valence-corrected chi connectivity index (χ0v) is 24.5. The number of carbonyl (C=O) groups is 1. The Labute approximate surface area is 252 Å². The monoisotopic (exact) mass is 651 g/mol. The van der Waals surface area contributed by atoms with Crippen molar-refractivity contribution in [2.24, 2.45) is 5.92 Å². The van der Waals surface area contributed by atoms with Crippen LogP contribution < -0.4 is 10.1 Å². The van der Waals surface area contributed by atoms with Gasteiger partial charge >= 0.3 is 18.5 Å². The number of halogens is 10. The average molecular weight is 652 g/mol. The lowest BCUT2D eigenvalue weighted by Gasteiger charge is -2.22. The van der Waals surface area contributed by atoms with E-state index in [1.54, 1.807) is 13.8 Å². The second-order valence-corrected chi connectivity index (χ2v) is 10.5. The van der Waals surface area contributed by atoms with E-state index >= 15 is 0 Å². The van der Waals surface area contributed by atoms with Crippen LogP contribution in [0.5, 0.6) is 11.5 Å². The summed E-state index contributed by atoms with van der Waals surface area (Å²) in [7, 11) is 0. The maximum atomic E-state index is 14.2. The first-order valence-electron chi connectivity index (χ1n) is 13.2. The van der Waals surface area contributed by atoms with Gasteiger partial charge < -0.3 is 10.1 Å². The number of anilines is 1. The predicted molar refractivity (Wildman–Crippen MR) is 150 cm³/mol. The molecule has 0 spiro atoms. The Balaban J connectivity index is 2.11. The lowest BCUT2D eigenvalue weighted by atomic mass is 9.88. The number of aryl methyl sites for hydroxylation is 1. The van der Waals surface area contributed by atoms with Gasteiger partial charge in [0.25, 0.3) is 5.91 Å². The van der Waals surface area contributed by atoms with Gasteiger partial charge in [0, 0.05) is 11.3 Å². The van der Waals surface area contributed by atoms with Crippen molar-refractivity contribution in [3.05, 3.63) is 93.0 Å². The number of benzene rings is 3. The molecule has 1 unspecified atom stereocenters. The van der Waals surface area contributed by atoms with Crippen LogP contribution >= 0.6 is 11.6 Å². The molecule has 0 aromatic heterocycles. The number of amides is 1. The van der Waals surface area contributed by atoms with E-state index in [0.717, 1.165) is 24.0 Å². The van der Waals surface area contributed by atoms with Crippen molar-refractivity contribution in [1.82, 2.24) is 0 Å². The Bertz CT molecular complexity index is 1520. The van der Waals surface area contributed by atoms with Crippen LogP contribution in [-0.2, 0) is 18.5 Å². The van der Waals surface area contributed by atoms with Gasteiger partial charge in [0.1, 0.15) is 16.9 Å². The summed E-state index contributed by atoms with van der Waals surface area (Å²) in [5.41, 5.74) is -4.21. The second kappa shape index (κ2) is 13.1. The maximum absolute atomic E-state index is 14.2. The van der Waals surface area contributed by atoms with Gasteiger partial charge in [-0.2, -0.15) is 39.5 Å². The van der Waals surface area contributed by atoms with Gasteiger partial charge in [-0.1, -0.05) is 44.0 Å². The highest BCUT2D eigenvalue weighted by atomic mass is 35.5. The van der Waals surface area contributed by atoms with Crippen LogP contribution in [0, 0.1) is 12.8 Å². The number of nitrogens with one attached hydrogen (secondary N) is 1. The van der Waals surface area contributed by atoms with Gasteiger partial charge in [0.15, 0.2) is 5.75 Å². The first-order valence-corrected chi connectivity index (χ1v) is 13.6. The molecule has 0 aliphatic heterocycles. The molecule has 3 nitrogen and oxygen atoms in total. The average Bonchev–Trinajstić information content (AvgIpc) is 2.89. The molecule has 1 atom stereocenters. The minimum atomic E-state index is -5.37. The van der Waals surface area contributed by atoms with Crippen LogP contribution in [0.15, 0.2) is 54.6 Å². The van der Waals surface area contributed by atoms with E-state index in [1.807, 2.05) is 25.2 Å². The third-order valence-electron chi connectivity index (χ3n) is 6.80. The van der Waals surface area contributed by atoms with Crippen LogP contribution in [0.25, 0.3) is 5.57 Å². The standard InChI is InChI=1S/C31H27ClF9NO2/c1-5-7-16(3)21(6-2)22-15-20(10-8-17(22)4)44-27-24(30(36,37)38)13-19(14-25(27)31(39,40)41)42-28(43)18-9-11-23(26(32)12-18)29(33,34)35/h6,8-16H,5,7H2,1-4H3,(H,42,43)/b21-6-. The molecule has 0 fully saturated rings. The van der Waals surface area contributed by atoms with E-state index in [9.17, 15) is 44.3 Å². The summed E-state index contributed by atoms with van der Waals surface area (Å²) in [6.45, 7) is 7.48. The fourth-order valence-electron chi connectivity index (χ4n) is 4.71. The highest BCUT2D eigenvalue weighted by Crippen LogP contribution is 2.48. The quantitative estimate of drug-likeness (QED) is 0.246. The third-order valence-corrected chi connectivity index (χ3v) is 7.11. The van der Waals surface area contributed by atoms with Crippen molar-refractivity contribution in [2.45, 2.75) is 59.1 Å². The first-order chi connectivity index (χ1) is 20.3. The molecule has 0 aliphatic carbocycles. The SMILES string of the molecule is C/C=C(\c1cc(Oc2c(C(F)(F)F)cc(NC(=O)c3ccc(C(F)(F)F)c(Cl)c3)cc2C(F)(F)F)ccc1C)C(C)CCC. The Morgan fingerprint density at radius 2 is 1.45 bits per heavy atom. The molecular formula is C31H27ClF9NO2. The molecule has 0 saturated carbocycles. The number of allylic oxidation sites excluding steroid dienone is 2. The zero-order chi connectivity index (χ0) is 33.2. The highest BCUT2D eigenvalue weighted by molar-refractivity contribution is 6.32. The van der Waals surface area contributed by atoms with Crippen LogP contribution in [0.2, 0.25) is 5.02 Å². The minimum Gasteiger partial charge on any atom is -0.456 e. The molecule has 0 radical (unpaired) electrons. The van der Waals surface area contributed by atoms with E-state index in [2.05, 4.69) is 0 Å². The topological polar surface area (TPSA) is 38.3 Å². The highest BCUT2D eigenvalue weighted by Gasteiger charge is 2.43. The normalized spacial score (nSPS) is 13.5. The van der Waals surface area contributed by atoms with Gasteiger partial charge in [-0.3, -0.25) is 4.79 Å². The Hall–Kier alpha value is -3.67. The van der Waals surface area contributed by atoms with Crippen molar-refractivity contribution >= 4 is 28.8 Å². The number of carbonyl (C=O) groups excluding carboxylic acids is 1. The zero-order valence-electron chi connectivity index (χ0n) is 23.8. The lowest BCUT2D eigenvalue weighted by molar-refractivity contribution is -0.145. The fourth-order valence-corrected chi connectivity index (χ4v) is 5.00. The van der Waals surface area contributed by atoms with E-state index in [4.69, 9.17) is 16.3 Å². The van der Waals surface area contributed by atoms with Crippen LogP contribution in [-0.4, -0.2) is 5.91 Å². The van der Waals surface area contributed by atoms with Crippen LogP contribution in [0.4, 0.5) is 45.2 Å². The van der Waals surface area contributed by atoms with Gasteiger partial charge in [-0.05, 0) is 85.4 Å². The molecular weight excluding hydrogens is 625 g/mol. The maximum Gasteiger partial charge on any atom is 0.420 e. The molecule has 44 heavy (non-hydrogen) atoms. The van der Waals surface area contributed by atoms with Crippen molar-refractivity contribution in [1.29, 1.82) is 0 Å². The lowest BCUT2D eigenvalue weighted by Crippen LogP contribution is -2.18. The second-order valence-electron chi connectivity index (χ2n) is 10.1. The molecule has 3 aromatic rings. The molecule has 0 heterocycles. The summed E-state index contributed by atoms with van der Waals surface area (Å²) in [5.74, 6) is -3.04.